The molecule has 1 saturated carbocycles. The van der Waals surface area contributed by atoms with Gasteiger partial charge in [-0.2, -0.15) is 0 Å². The molecular weight excluding hydrogens is 260 g/mol. The molecule has 0 unspecified atom stereocenters. The molecule has 2 rings (SSSR count). The van der Waals surface area contributed by atoms with Crippen molar-refractivity contribution < 1.29 is 4.79 Å². The van der Waals surface area contributed by atoms with E-state index in [9.17, 15) is 4.79 Å². The highest BCUT2D eigenvalue weighted by molar-refractivity contribution is 6.33. The van der Waals surface area contributed by atoms with Crippen LogP contribution in [-0.2, 0) is 0 Å². The summed E-state index contributed by atoms with van der Waals surface area (Å²) in [7, 11) is 0. The van der Waals surface area contributed by atoms with Gasteiger partial charge in [0.25, 0.3) is 5.91 Å². The number of amides is 1. The van der Waals surface area contributed by atoms with E-state index in [1.807, 2.05) is 6.92 Å². The third kappa shape index (κ3) is 4.20. The first-order valence-electron chi connectivity index (χ1n) is 7.07. The van der Waals surface area contributed by atoms with E-state index in [2.05, 4.69) is 10.3 Å². The molecule has 1 fully saturated rings. The fourth-order valence-corrected chi connectivity index (χ4v) is 2.97. The smallest absolute Gasteiger partial charge is 0.254 e. The number of hydrogen-bond donors (Lipinski definition) is 1. The van der Waals surface area contributed by atoms with Crippen LogP contribution in [0.1, 0.15) is 54.6 Å². The number of aromatic nitrogens is 1. The van der Waals surface area contributed by atoms with Crippen molar-refractivity contribution in [3.05, 3.63) is 28.5 Å². The van der Waals surface area contributed by atoms with E-state index in [1.165, 1.54) is 32.1 Å². The summed E-state index contributed by atoms with van der Waals surface area (Å²) >= 11 is 6.04. The molecule has 0 radical (unpaired) electrons. The van der Waals surface area contributed by atoms with Crippen molar-refractivity contribution in [1.82, 2.24) is 10.3 Å². The standard InChI is InChI=1S/C15H21ClN2O/c1-11-9-14(16)13(10-18-11)15(19)17-8-4-7-12-5-2-3-6-12/h9-10,12H,2-8H2,1H3,(H,17,19). The molecule has 0 saturated heterocycles. The lowest BCUT2D eigenvalue weighted by Gasteiger charge is -2.10. The number of aryl methyl sites for hydroxylation is 1. The Labute approximate surface area is 119 Å². The van der Waals surface area contributed by atoms with Gasteiger partial charge in [0.2, 0.25) is 0 Å². The molecule has 0 atom stereocenters. The van der Waals surface area contributed by atoms with Crippen molar-refractivity contribution in [2.75, 3.05) is 6.54 Å². The SMILES string of the molecule is Cc1cc(Cl)c(C(=O)NCCCC2CCCC2)cn1. The molecule has 104 valence electrons. The predicted octanol–water partition coefficient (Wildman–Crippen LogP) is 3.74. The van der Waals surface area contributed by atoms with Crippen LogP contribution in [0.15, 0.2) is 12.3 Å². The molecule has 0 aromatic carbocycles. The third-order valence-electron chi connectivity index (χ3n) is 3.78. The summed E-state index contributed by atoms with van der Waals surface area (Å²) in [4.78, 5) is 16.0. The zero-order valence-corrected chi connectivity index (χ0v) is 12.2. The molecule has 0 spiro atoms. The molecular formula is C15H21ClN2O. The summed E-state index contributed by atoms with van der Waals surface area (Å²) in [5.74, 6) is 0.755. The Bertz CT molecular complexity index is 442. The van der Waals surface area contributed by atoms with Gasteiger partial charge in [-0.15, -0.1) is 0 Å². The van der Waals surface area contributed by atoms with Crippen LogP contribution < -0.4 is 5.32 Å². The average Bonchev–Trinajstić information content (AvgIpc) is 2.87. The molecule has 1 aliphatic carbocycles. The maximum atomic E-state index is 11.9. The second kappa shape index (κ2) is 6.90. The van der Waals surface area contributed by atoms with Crippen molar-refractivity contribution in [1.29, 1.82) is 0 Å². The van der Waals surface area contributed by atoms with E-state index >= 15 is 0 Å². The van der Waals surface area contributed by atoms with Crippen LogP contribution in [0, 0.1) is 12.8 Å². The van der Waals surface area contributed by atoms with Gasteiger partial charge in [-0.05, 0) is 31.7 Å². The monoisotopic (exact) mass is 280 g/mol. The Morgan fingerprint density at radius 1 is 1.47 bits per heavy atom. The van der Waals surface area contributed by atoms with Gasteiger partial charge < -0.3 is 5.32 Å². The Morgan fingerprint density at radius 3 is 2.89 bits per heavy atom. The molecule has 1 N–H and O–H groups in total. The zero-order valence-electron chi connectivity index (χ0n) is 11.4. The van der Waals surface area contributed by atoms with Crippen LogP contribution in [0.5, 0.6) is 0 Å². The van der Waals surface area contributed by atoms with Gasteiger partial charge >= 0.3 is 0 Å². The van der Waals surface area contributed by atoms with Gasteiger partial charge in [0, 0.05) is 18.4 Å². The van der Waals surface area contributed by atoms with Gasteiger partial charge in [0.15, 0.2) is 0 Å². The van der Waals surface area contributed by atoms with Crippen LogP contribution in [0.2, 0.25) is 5.02 Å². The van der Waals surface area contributed by atoms with Crippen molar-refractivity contribution >= 4 is 17.5 Å². The van der Waals surface area contributed by atoms with Gasteiger partial charge in [-0.25, -0.2) is 0 Å². The second-order valence-corrected chi connectivity index (χ2v) is 5.76. The van der Waals surface area contributed by atoms with Crippen LogP contribution >= 0.6 is 11.6 Å². The first-order chi connectivity index (χ1) is 9.16. The third-order valence-corrected chi connectivity index (χ3v) is 4.10. The number of halogens is 1. The van der Waals surface area contributed by atoms with E-state index in [0.717, 1.165) is 24.6 Å². The summed E-state index contributed by atoms with van der Waals surface area (Å²) < 4.78 is 0. The number of nitrogens with one attached hydrogen (secondary N) is 1. The largest absolute Gasteiger partial charge is 0.352 e. The number of nitrogens with zero attached hydrogens (tertiary/aromatic N) is 1. The molecule has 1 aromatic rings. The van der Waals surface area contributed by atoms with E-state index in [0.29, 0.717) is 10.6 Å². The lowest BCUT2D eigenvalue weighted by molar-refractivity contribution is 0.0952. The number of rotatable bonds is 5. The lowest BCUT2D eigenvalue weighted by atomic mass is 10.0. The number of carbonyl (C=O) groups excluding carboxylic acids is 1. The van der Waals surface area contributed by atoms with Crippen molar-refractivity contribution in [3.63, 3.8) is 0 Å². The lowest BCUT2D eigenvalue weighted by Crippen LogP contribution is -2.25. The van der Waals surface area contributed by atoms with Gasteiger partial charge in [-0.3, -0.25) is 9.78 Å². The predicted molar refractivity (Wildman–Crippen MR) is 77.5 cm³/mol. The Hall–Kier alpha value is -1.09. The summed E-state index contributed by atoms with van der Waals surface area (Å²) in [6, 6.07) is 1.72. The summed E-state index contributed by atoms with van der Waals surface area (Å²) in [6.45, 7) is 2.58. The van der Waals surface area contributed by atoms with Gasteiger partial charge in [0.1, 0.15) is 0 Å². The van der Waals surface area contributed by atoms with Gasteiger partial charge in [-0.1, -0.05) is 37.3 Å². The molecule has 0 aliphatic heterocycles. The van der Waals surface area contributed by atoms with E-state index in [4.69, 9.17) is 11.6 Å². The van der Waals surface area contributed by atoms with Crippen molar-refractivity contribution in [2.45, 2.75) is 45.4 Å². The molecule has 4 heteroatoms. The molecule has 3 nitrogen and oxygen atoms in total. The van der Waals surface area contributed by atoms with Crippen molar-refractivity contribution in [2.24, 2.45) is 5.92 Å². The molecule has 1 amide bonds. The molecule has 0 bridgehead atoms. The topological polar surface area (TPSA) is 42.0 Å². The molecule has 1 aromatic heterocycles. The maximum Gasteiger partial charge on any atom is 0.254 e. The van der Waals surface area contributed by atoms with Crippen LogP contribution in [0.25, 0.3) is 0 Å². The number of hydrogen-bond acceptors (Lipinski definition) is 2. The fraction of sp³-hybridized carbons (Fsp3) is 0.600. The van der Waals surface area contributed by atoms with E-state index in [1.54, 1.807) is 12.3 Å². The first-order valence-corrected chi connectivity index (χ1v) is 7.45. The van der Waals surface area contributed by atoms with Crippen molar-refractivity contribution in [3.8, 4) is 0 Å². The normalized spacial score (nSPS) is 15.7. The minimum Gasteiger partial charge on any atom is -0.352 e. The summed E-state index contributed by atoms with van der Waals surface area (Å²) in [5.41, 5.74) is 1.29. The highest BCUT2D eigenvalue weighted by Crippen LogP contribution is 2.28. The number of carbonyl (C=O) groups is 1. The zero-order chi connectivity index (χ0) is 13.7. The molecule has 1 heterocycles. The van der Waals surface area contributed by atoms with Gasteiger partial charge in [0.05, 0.1) is 10.6 Å². The first kappa shape index (κ1) is 14.3. The van der Waals surface area contributed by atoms with Crippen LogP contribution in [0.4, 0.5) is 0 Å². The summed E-state index contributed by atoms with van der Waals surface area (Å²) in [5, 5.41) is 3.39. The van der Waals surface area contributed by atoms with E-state index < -0.39 is 0 Å². The maximum absolute atomic E-state index is 11.9. The number of pyridine rings is 1. The van der Waals surface area contributed by atoms with E-state index in [-0.39, 0.29) is 5.91 Å². The Balaban J connectivity index is 1.74. The quantitative estimate of drug-likeness (QED) is 0.835. The Kier molecular flexibility index (Phi) is 5.20. The minimum atomic E-state index is -0.121. The highest BCUT2D eigenvalue weighted by atomic mass is 35.5. The second-order valence-electron chi connectivity index (χ2n) is 5.35. The summed E-state index contributed by atoms with van der Waals surface area (Å²) in [6.07, 6.45) is 9.30. The highest BCUT2D eigenvalue weighted by Gasteiger charge is 2.15. The molecule has 1 aliphatic rings. The van der Waals surface area contributed by atoms with Crippen LogP contribution in [-0.4, -0.2) is 17.4 Å². The molecule has 19 heavy (non-hydrogen) atoms. The minimum absolute atomic E-state index is 0.121. The van der Waals surface area contributed by atoms with Crippen LogP contribution in [0.3, 0.4) is 0 Å². The fourth-order valence-electron chi connectivity index (χ4n) is 2.68. The average molecular weight is 281 g/mol. The Morgan fingerprint density at radius 2 is 2.21 bits per heavy atom.